The smallest absolute Gasteiger partial charge is 0.0636 e. The van der Waals surface area contributed by atoms with Gasteiger partial charge in [-0.2, -0.15) is 5.10 Å². The molecule has 0 aromatic carbocycles. The number of hydrogen-bond acceptors (Lipinski definition) is 3. The number of aromatic nitrogens is 2. The summed E-state index contributed by atoms with van der Waals surface area (Å²) < 4.78 is 1.89. The number of nitrogens with zero attached hydrogens (tertiary/aromatic N) is 2. The van der Waals surface area contributed by atoms with E-state index in [0.29, 0.717) is 6.54 Å². The Balaban J connectivity index is 2.13. The van der Waals surface area contributed by atoms with Crippen molar-refractivity contribution >= 4 is 0 Å². The number of aliphatic hydroxyl groups excluding tert-OH is 1. The minimum Gasteiger partial charge on any atom is -0.392 e. The van der Waals surface area contributed by atoms with Crippen LogP contribution in [0, 0.1) is 6.92 Å². The van der Waals surface area contributed by atoms with Gasteiger partial charge in [0.2, 0.25) is 0 Å². The molecule has 0 amide bonds. The highest BCUT2D eigenvalue weighted by Crippen LogP contribution is 1.92. The molecule has 0 aliphatic carbocycles. The van der Waals surface area contributed by atoms with Crippen LogP contribution in [0.15, 0.2) is 12.4 Å². The molecule has 4 heteroatoms. The minimum atomic E-state index is -0.278. The molecule has 1 atom stereocenters. The fourth-order valence-electron chi connectivity index (χ4n) is 1.09. The van der Waals surface area contributed by atoms with Crippen molar-refractivity contribution in [2.75, 3.05) is 13.1 Å². The Labute approximate surface area is 78.6 Å². The van der Waals surface area contributed by atoms with E-state index < -0.39 is 0 Å². The van der Waals surface area contributed by atoms with E-state index in [9.17, 15) is 0 Å². The third-order valence-electron chi connectivity index (χ3n) is 1.72. The van der Waals surface area contributed by atoms with Gasteiger partial charge in [0.15, 0.2) is 0 Å². The summed E-state index contributed by atoms with van der Waals surface area (Å²) in [6.07, 6.45) is 3.57. The van der Waals surface area contributed by atoms with Crippen LogP contribution < -0.4 is 5.32 Å². The van der Waals surface area contributed by atoms with Crippen molar-refractivity contribution in [3.8, 4) is 0 Å². The Morgan fingerprint density at radius 1 is 1.69 bits per heavy atom. The number of aliphatic hydroxyl groups is 1. The van der Waals surface area contributed by atoms with Crippen LogP contribution in [0.4, 0.5) is 0 Å². The molecule has 1 heterocycles. The molecule has 0 aliphatic rings. The van der Waals surface area contributed by atoms with Crippen LogP contribution >= 0.6 is 0 Å². The van der Waals surface area contributed by atoms with Gasteiger partial charge in [-0.15, -0.1) is 0 Å². The first-order chi connectivity index (χ1) is 6.18. The first-order valence-corrected chi connectivity index (χ1v) is 4.56. The summed E-state index contributed by atoms with van der Waals surface area (Å²) in [5, 5.41) is 16.2. The normalized spacial score (nSPS) is 13.2. The molecule has 0 saturated heterocycles. The molecule has 0 radical (unpaired) electrons. The zero-order chi connectivity index (χ0) is 9.68. The predicted octanol–water partition coefficient (Wildman–Crippen LogP) is 0.162. The van der Waals surface area contributed by atoms with Crippen LogP contribution in [0.5, 0.6) is 0 Å². The second-order valence-electron chi connectivity index (χ2n) is 3.33. The van der Waals surface area contributed by atoms with E-state index in [1.807, 2.05) is 24.0 Å². The molecule has 1 rings (SSSR count). The summed E-state index contributed by atoms with van der Waals surface area (Å²) in [6, 6.07) is 0. The number of nitrogens with one attached hydrogen (secondary N) is 1. The minimum absolute atomic E-state index is 0.278. The molecule has 0 bridgehead atoms. The van der Waals surface area contributed by atoms with E-state index in [1.54, 1.807) is 6.92 Å². The lowest BCUT2D eigenvalue weighted by Crippen LogP contribution is -2.27. The highest BCUT2D eigenvalue weighted by atomic mass is 16.3. The Morgan fingerprint density at radius 2 is 2.46 bits per heavy atom. The van der Waals surface area contributed by atoms with Gasteiger partial charge >= 0.3 is 0 Å². The van der Waals surface area contributed by atoms with Crippen LogP contribution in [-0.2, 0) is 6.54 Å². The van der Waals surface area contributed by atoms with Crippen molar-refractivity contribution in [3.05, 3.63) is 18.0 Å². The maximum Gasteiger partial charge on any atom is 0.0636 e. The molecule has 0 spiro atoms. The van der Waals surface area contributed by atoms with Gasteiger partial charge in [0.25, 0.3) is 0 Å². The van der Waals surface area contributed by atoms with E-state index in [2.05, 4.69) is 10.4 Å². The third-order valence-corrected chi connectivity index (χ3v) is 1.72. The van der Waals surface area contributed by atoms with Crippen molar-refractivity contribution in [1.82, 2.24) is 15.1 Å². The molecule has 13 heavy (non-hydrogen) atoms. The number of rotatable bonds is 5. The van der Waals surface area contributed by atoms with Crippen LogP contribution in [0.2, 0.25) is 0 Å². The largest absolute Gasteiger partial charge is 0.392 e. The van der Waals surface area contributed by atoms with Crippen molar-refractivity contribution in [1.29, 1.82) is 0 Å². The molecular formula is C9H17N3O. The van der Waals surface area contributed by atoms with E-state index in [-0.39, 0.29) is 6.10 Å². The summed E-state index contributed by atoms with van der Waals surface area (Å²) in [6.45, 7) is 6.12. The second kappa shape index (κ2) is 4.99. The van der Waals surface area contributed by atoms with Crippen molar-refractivity contribution in [3.63, 3.8) is 0 Å². The van der Waals surface area contributed by atoms with Gasteiger partial charge < -0.3 is 10.4 Å². The first kappa shape index (κ1) is 10.2. The molecule has 0 saturated carbocycles. The topological polar surface area (TPSA) is 50.1 Å². The molecule has 0 fully saturated rings. The van der Waals surface area contributed by atoms with Gasteiger partial charge in [0.1, 0.15) is 0 Å². The first-order valence-electron chi connectivity index (χ1n) is 4.56. The van der Waals surface area contributed by atoms with E-state index >= 15 is 0 Å². The third kappa shape index (κ3) is 4.05. The molecule has 4 nitrogen and oxygen atoms in total. The Hall–Kier alpha value is -0.870. The molecule has 1 aromatic rings. The highest BCUT2D eigenvalue weighted by molar-refractivity contribution is 4.99. The van der Waals surface area contributed by atoms with Crippen molar-refractivity contribution in [2.24, 2.45) is 0 Å². The molecule has 1 aromatic heterocycles. The van der Waals surface area contributed by atoms with Crippen LogP contribution in [0.1, 0.15) is 12.5 Å². The fourth-order valence-corrected chi connectivity index (χ4v) is 1.09. The van der Waals surface area contributed by atoms with Crippen molar-refractivity contribution < 1.29 is 5.11 Å². The maximum atomic E-state index is 8.97. The van der Waals surface area contributed by atoms with Crippen LogP contribution in [-0.4, -0.2) is 34.1 Å². The lowest BCUT2D eigenvalue weighted by molar-refractivity contribution is 0.191. The lowest BCUT2D eigenvalue weighted by Gasteiger charge is -2.06. The lowest BCUT2D eigenvalue weighted by atomic mass is 10.4. The summed E-state index contributed by atoms with van der Waals surface area (Å²) in [7, 11) is 0. The van der Waals surface area contributed by atoms with Gasteiger partial charge in [-0.1, -0.05) is 0 Å². The average molecular weight is 183 g/mol. The molecule has 0 unspecified atom stereocenters. The zero-order valence-corrected chi connectivity index (χ0v) is 8.20. The SMILES string of the molecule is Cc1cnn(CCNC[C@@H](C)O)c1. The van der Waals surface area contributed by atoms with Gasteiger partial charge in [-0.25, -0.2) is 0 Å². The quantitative estimate of drug-likeness (QED) is 0.639. The van der Waals surface area contributed by atoms with Gasteiger partial charge in [-0.05, 0) is 19.4 Å². The Morgan fingerprint density at radius 3 is 3.00 bits per heavy atom. The van der Waals surface area contributed by atoms with Crippen molar-refractivity contribution in [2.45, 2.75) is 26.5 Å². The van der Waals surface area contributed by atoms with Crippen LogP contribution in [0.3, 0.4) is 0 Å². The van der Waals surface area contributed by atoms with Gasteiger partial charge in [0, 0.05) is 19.3 Å². The number of hydrogen-bond donors (Lipinski definition) is 2. The Kier molecular flexibility index (Phi) is 3.92. The summed E-state index contributed by atoms with van der Waals surface area (Å²) in [4.78, 5) is 0. The monoisotopic (exact) mass is 183 g/mol. The standard InChI is InChI=1S/C9H17N3O/c1-8-5-11-12(7-8)4-3-10-6-9(2)13/h5,7,9-10,13H,3-4,6H2,1-2H3/t9-/m1/s1. The molecule has 74 valence electrons. The summed E-state index contributed by atoms with van der Waals surface area (Å²) in [5.74, 6) is 0. The maximum absolute atomic E-state index is 8.97. The zero-order valence-electron chi connectivity index (χ0n) is 8.20. The number of aryl methyl sites for hydroxylation is 1. The highest BCUT2D eigenvalue weighted by Gasteiger charge is 1.95. The van der Waals surface area contributed by atoms with E-state index in [4.69, 9.17) is 5.11 Å². The second-order valence-corrected chi connectivity index (χ2v) is 3.33. The fraction of sp³-hybridized carbons (Fsp3) is 0.667. The van der Waals surface area contributed by atoms with Crippen LogP contribution in [0.25, 0.3) is 0 Å². The summed E-state index contributed by atoms with van der Waals surface area (Å²) in [5.41, 5.74) is 1.18. The average Bonchev–Trinajstić information content (AvgIpc) is 2.45. The van der Waals surface area contributed by atoms with E-state index in [0.717, 1.165) is 13.1 Å². The van der Waals surface area contributed by atoms with Gasteiger partial charge in [0.05, 0.1) is 18.8 Å². The predicted molar refractivity (Wildman–Crippen MR) is 51.5 cm³/mol. The van der Waals surface area contributed by atoms with E-state index in [1.165, 1.54) is 5.56 Å². The molecule has 2 N–H and O–H groups in total. The molecular weight excluding hydrogens is 166 g/mol. The van der Waals surface area contributed by atoms with Gasteiger partial charge in [-0.3, -0.25) is 4.68 Å². The molecule has 0 aliphatic heterocycles. The Bertz CT molecular complexity index is 245. The summed E-state index contributed by atoms with van der Waals surface area (Å²) >= 11 is 0.